The summed E-state index contributed by atoms with van der Waals surface area (Å²) in [5.74, 6) is -0.279. The molecule has 2 aliphatic rings. The molecule has 0 unspecified atom stereocenters. The number of methoxy groups -OCH3 is 2. The summed E-state index contributed by atoms with van der Waals surface area (Å²) in [5.41, 5.74) is 4.63. The van der Waals surface area contributed by atoms with E-state index in [1.165, 1.54) is 71.1 Å². The number of carbonyl (C=O) groups excluding carboxylic acids is 4. The van der Waals surface area contributed by atoms with E-state index in [0.29, 0.717) is 97.5 Å². The molecule has 8 aromatic rings. The molecule has 0 radical (unpaired) electrons. The molecule has 0 aliphatic carbocycles. The number of nitrogens with one attached hydrogen (secondary N) is 2. The number of hydrogen-bond acceptors (Lipinski definition) is 13. The van der Waals surface area contributed by atoms with Crippen molar-refractivity contribution >= 4 is 70.5 Å². The van der Waals surface area contributed by atoms with Crippen LogP contribution in [0.5, 0.6) is 0 Å². The third kappa shape index (κ3) is 11.1. The Labute approximate surface area is 462 Å². The van der Waals surface area contributed by atoms with Gasteiger partial charge in [-0.2, -0.15) is 10.2 Å². The Balaban J connectivity index is 0.889. The fourth-order valence-electron chi connectivity index (χ4n) is 10.1. The molecule has 2 N–H and O–H groups in total. The van der Waals surface area contributed by atoms with Crippen LogP contribution >= 0.6 is 23.2 Å². The monoisotopic (exact) mass is 1120 g/mol. The summed E-state index contributed by atoms with van der Waals surface area (Å²) >= 11 is 13.5. The molecule has 2 atom stereocenters. The molecular weight excluding hydrogens is 1060 g/mol. The number of nitrogens with zero attached hydrogens (tertiary/aromatic N) is 11. The summed E-state index contributed by atoms with van der Waals surface area (Å²) in [4.78, 5) is 72.4. The van der Waals surface area contributed by atoms with Crippen LogP contribution in [0, 0.1) is 11.6 Å². The number of halogens is 4. The van der Waals surface area contributed by atoms with E-state index in [1.54, 1.807) is 75.0 Å². The van der Waals surface area contributed by atoms with E-state index in [9.17, 15) is 23.6 Å². The van der Waals surface area contributed by atoms with Crippen LogP contribution in [-0.4, -0.2) is 131 Å². The maximum atomic E-state index is 16.0. The first-order valence-corrected chi connectivity index (χ1v) is 25.6. The van der Waals surface area contributed by atoms with Gasteiger partial charge in [0.15, 0.2) is 0 Å². The Morgan fingerprint density at radius 2 is 1.28 bits per heavy atom. The second-order valence-corrected chi connectivity index (χ2v) is 19.9. The minimum Gasteiger partial charge on any atom is -0.382 e. The molecule has 20 nitrogen and oxygen atoms in total. The molecule has 2 aromatic carbocycles. The minimum atomic E-state index is -0.616. The van der Waals surface area contributed by atoms with Gasteiger partial charge in [-0.25, -0.2) is 28.5 Å². The Bertz CT molecular complexity index is 3640. The number of ether oxygens (including phenoxy) is 2. The van der Waals surface area contributed by atoms with E-state index in [-0.39, 0.29) is 67.8 Å². The molecule has 0 fully saturated rings. The van der Waals surface area contributed by atoms with E-state index >= 15 is 4.39 Å². The van der Waals surface area contributed by atoms with Crippen LogP contribution in [0.2, 0.25) is 10.0 Å². The fraction of sp³-hybridized carbons (Fsp3) is 0.273. The standard InChI is InChI=1S/C55H53Cl2F2N13O7/c1-66-50(8-11-62-66)64-48-19-42(44(56)21-60-48)35-18-47-54(75)71(41(31-78-4)28-69(47)23-35)26-37-16-39(59)14-32(52(37)55(76)67(2)79-5)10-13-72-51(9-12-63-72)65-49-20-43(45(57)22-61-49)36-17-46-53(74)70(40(30-77-3)27-68(46)24-36)25-34-15-38(58)7-6-33(34)29-73/h6-9,11-12,14-24,29,40-41H,10,13,25-28,30-31H2,1-5H3,(H,60,64)(H,61,65)/t40-,41-/m1/s1. The van der Waals surface area contributed by atoms with Crippen LogP contribution in [0.4, 0.5) is 32.1 Å². The number of aldehydes is 1. The molecule has 10 rings (SSSR count). The van der Waals surface area contributed by atoms with Gasteiger partial charge >= 0.3 is 0 Å². The highest BCUT2D eigenvalue weighted by Gasteiger charge is 2.37. The van der Waals surface area contributed by atoms with Gasteiger partial charge < -0.3 is 39.0 Å². The molecule has 0 saturated heterocycles. The second kappa shape index (κ2) is 23.0. The summed E-state index contributed by atoms with van der Waals surface area (Å²) in [6.45, 7) is 1.02. The lowest BCUT2D eigenvalue weighted by molar-refractivity contribution is -0.0758. The lowest BCUT2D eigenvalue weighted by Crippen LogP contribution is -2.49. The lowest BCUT2D eigenvalue weighted by Gasteiger charge is -2.37. The molecule has 0 spiro atoms. The van der Waals surface area contributed by atoms with E-state index in [0.717, 1.165) is 5.06 Å². The average molecular weight is 1120 g/mol. The third-order valence-corrected chi connectivity index (χ3v) is 14.7. The number of benzene rings is 2. The molecule has 24 heteroatoms. The molecule has 3 amide bonds. The van der Waals surface area contributed by atoms with Gasteiger partial charge in [0.1, 0.15) is 52.6 Å². The minimum absolute atomic E-state index is 0.00950. The van der Waals surface area contributed by atoms with Crippen molar-refractivity contribution < 1.29 is 42.3 Å². The number of rotatable bonds is 20. The fourth-order valence-corrected chi connectivity index (χ4v) is 10.6. The van der Waals surface area contributed by atoms with Gasteiger partial charge in [-0.3, -0.25) is 28.7 Å². The van der Waals surface area contributed by atoms with Crippen LogP contribution < -0.4 is 10.6 Å². The van der Waals surface area contributed by atoms with Gasteiger partial charge in [0.25, 0.3) is 17.7 Å². The summed E-state index contributed by atoms with van der Waals surface area (Å²) in [6, 6.07) is 16.0. The molecule has 408 valence electrons. The SMILES string of the molecule is COC[C@H]1Cn2cc(-c3cc(Nc4ccnn4CCc4cc(F)cc(CN5C(=O)c6cc(-c7cc(Nc8ccnn8C)ncc7Cl)cn6C[C@@H]5COC)c4C(=O)N(C)OC)ncc3Cl)cc2C(=O)N1Cc1cc(F)ccc1C=O. The Morgan fingerprint density at radius 1 is 0.734 bits per heavy atom. The van der Waals surface area contributed by atoms with Crippen molar-refractivity contribution in [2.75, 3.05) is 52.2 Å². The smallest absolute Gasteiger partial charge is 0.277 e. The molecule has 6 aromatic heterocycles. The van der Waals surface area contributed by atoms with Crippen molar-refractivity contribution in [3.8, 4) is 22.3 Å². The van der Waals surface area contributed by atoms with E-state index in [1.807, 2.05) is 21.5 Å². The third-order valence-electron chi connectivity index (χ3n) is 14.1. The van der Waals surface area contributed by atoms with Crippen molar-refractivity contribution in [3.05, 3.63) is 165 Å². The van der Waals surface area contributed by atoms with Crippen molar-refractivity contribution in [1.82, 2.24) is 53.5 Å². The summed E-state index contributed by atoms with van der Waals surface area (Å²) in [7, 11) is 7.66. The number of anilines is 4. The maximum Gasteiger partial charge on any atom is 0.277 e. The van der Waals surface area contributed by atoms with E-state index in [4.69, 9.17) is 37.5 Å². The van der Waals surface area contributed by atoms with Crippen molar-refractivity contribution in [1.29, 1.82) is 0 Å². The maximum absolute atomic E-state index is 16.0. The first kappa shape index (κ1) is 54.1. The Hall–Kier alpha value is -8.28. The van der Waals surface area contributed by atoms with Gasteiger partial charge in [0, 0.05) is 126 Å². The quantitative estimate of drug-likeness (QED) is 0.0545. The van der Waals surface area contributed by atoms with Crippen LogP contribution in [0.1, 0.15) is 58.4 Å². The topological polar surface area (TPSA) is 201 Å². The number of aromatic nitrogens is 8. The second-order valence-electron chi connectivity index (χ2n) is 19.0. The Kier molecular flexibility index (Phi) is 15.7. The number of hydrogen-bond donors (Lipinski definition) is 2. The van der Waals surface area contributed by atoms with Crippen LogP contribution in [-0.2, 0) is 60.5 Å². The van der Waals surface area contributed by atoms with Crippen LogP contribution in [0.25, 0.3) is 22.3 Å². The summed E-state index contributed by atoms with van der Waals surface area (Å²) in [5, 5.41) is 17.0. The molecular formula is C55H53Cl2F2N13O7. The highest BCUT2D eigenvalue weighted by Crippen LogP contribution is 2.37. The van der Waals surface area contributed by atoms with Gasteiger partial charge in [-0.15, -0.1) is 0 Å². The van der Waals surface area contributed by atoms with Gasteiger partial charge in [-0.05, 0) is 77.7 Å². The normalized spacial score (nSPS) is 15.1. The number of carbonyl (C=O) groups is 4. The number of fused-ring (bicyclic) bond motifs is 2. The predicted molar refractivity (Wildman–Crippen MR) is 289 cm³/mol. The van der Waals surface area contributed by atoms with E-state index < -0.39 is 29.6 Å². The number of aryl methyl sites for hydroxylation is 3. The summed E-state index contributed by atoms with van der Waals surface area (Å²) < 4.78 is 48.4. The van der Waals surface area contributed by atoms with Crippen molar-refractivity contribution in [3.63, 3.8) is 0 Å². The van der Waals surface area contributed by atoms with Gasteiger partial charge in [0.2, 0.25) is 0 Å². The molecule has 8 heterocycles. The number of hydroxylamine groups is 2. The first-order chi connectivity index (χ1) is 38.1. The zero-order valence-corrected chi connectivity index (χ0v) is 45.0. The largest absolute Gasteiger partial charge is 0.382 e. The number of pyridine rings is 2. The van der Waals surface area contributed by atoms with Gasteiger partial charge in [-0.1, -0.05) is 23.2 Å². The van der Waals surface area contributed by atoms with Crippen LogP contribution in [0.15, 0.2) is 104 Å². The predicted octanol–water partition coefficient (Wildman–Crippen LogP) is 8.45. The summed E-state index contributed by atoms with van der Waals surface area (Å²) in [6.07, 6.45) is 10.7. The molecule has 2 aliphatic heterocycles. The van der Waals surface area contributed by atoms with Gasteiger partial charge in [0.05, 0.1) is 60.4 Å². The molecule has 79 heavy (non-hydrogen) atoms. The molecule has 0 bridgehead atoms. The lowest BCUT2D eigenvalue weighted by atomic mass is 9.96. The zero-order chi connectivity index (χ0) is 55.6. The zero-order valence-electron chi connectivity index (χ0n) is 43.5. The van der Waals surface area contributed by atoms with Crippen molar-refractivity contribution in [2.45, 2.75) is 51.2 Å². The Morgan fingerprint density at radius 3 is 1.84 bits per heavy atom. The highest BCUT2D eigenvalue weighted by atomic mass is 35.5. The van der Waals surface area contributed by atoms with Crippen LogP contribution in [0.3, 0.4) is 0 Å². The molecule has 0 saturated carbocycles. The first-order valence-electron chi connectivity index (χ1n) is 24.9. The van der Waals surface area contributed by atoms with E-state index in [2.05, 4.69) is 30.8 Å². The highest BCUT2D eigenvalue weighted by molar-refractivity contribution is 6.33. The number of amides is 3. The average Bonchev–Trinajstić information content (AvgIpc) is 4.35. The van der Waals surface area contributed by atoms with Crippen molar-refractivity contribution in [2.24, 2.45) is 7.05 Å².